The van der Waals surface area contributed by atoms with Gasteiger partial charge < -0.3 is 19.6 Å². The summed E-state index contributed by atoms with van der Waals surface area (Å²) in [7, 11) is 2.68. The summed E-state index contributed by atoms with van der Waals surface area (Å²) in [5, 5.41) is 4.52. The highest BCUT2D eigenvalue weighted by atomic mass is 31.0. The summed E-state index contributed by atoms with van der Waals surface area (Å²) in [5.41, 5.74) is 1.27. The SMILES string of the molecule is NOCCOCCOCCNCc1ccc(P)cc1. The molecule has 0 bridgehead atoms. The third kappa shape index (κ3) is 9.05. The summed E-state index contributed by atoms with van der Waals surface area (Å²) >= 11 is 0. The van der Waals surface area contributed by atoms with E-state index in [0.717, 1.165) is 13.1 Å². The molecule has 1 aromatic rings. The third-order valence-electron chi connectivity index (χ3n) is 2.45. The fourth-order valence-electron chi connectivity index (χ4n) is 1.44. The summed E-state index contributed by atoms with van der Waals surface area (Å²) in [4.78, 5) is 4.37. The van der Waals surface area contributed by atoms with Crippen LogP contribution in [-0.2, 0) is 20.9 Å². The summed E-state index contributed by atoms with van der Waals surface area (Å²) in [6.07, 6.45) is 0. The average Bonchev–Trinajstić information content (AvgIpc) is 2.43. The fourth-order valence-corrected chi connectivity index (χ4v) is 1.63. The summed E-state index contributed by atoms with van der Waals surface area (Å²) < 4.78 is 10.6. The van der Waals surface area contributed by atoms with Gasteiger partial charge in [-0.15, -0.1) is 9.24 Å². The molecule has 5 nitrogen and oxygen atoms in total. The molecule has 0 aliphatic heterocycles. The molecule has 0 saturated carbocycles. The Kier molecular flexibility index (Phi) is 9.81. The molecule has 108 valence electrons. The molecule has 0 saturated heterocycles. The number of ether oxygens (including phenoxy) is 2. The highest BCUT2D eigenvalue weighted by molar-refractivity contribution is 7.27. The van der Waals surface area contributed by atoms with Crippen molar-refractivity contribution < 1.29 is 14.3 Å². The van der Waals surface area contributed by atoms with Crippen LogP contribution in [0.15, 0.2) is 24.3 Å². The van der Waals surface area contributed by atoms with Crippen molar-refractivity contribution in [3.63, 3.8) is 0 Å². The molecular weight excluding hydrogens is 263 g/mol. The number of rotatable bonds is 11. The van der Waals surface area contributed by atoms with Gasteiger partial charge in [-0.05, 0) is 10.9 Å². The molecule has 0 fully saturated rings. The van der Waals surface area contributed by atoms with Crippen molar-refractivity contribution in [3.05, 3.63) is 29.8 Å². The van der Waals surface area contributed by atoms with Crippen LogP contribution in [0, 0.1) is 0 Å². The van der Waals surface area contributed by atoms with Crippen molar-refractivity contribution in [1.82, 2.24) is 5.32 Å². The number of benzene rings is 1. The maximum absolute atomic E-state index is 5.41. The van der Waals surface area contributed by atoms with Crippen molar-refractivity contribution in [2.24, 2.45) is 5.90 Å². The fraction of sp³-hybridized carbons (Fsp3) is 0.538. The van der Waals surface area contributed by atoms with Crippen molar-refractivity contribution in [2.45, 2.75) is 6.54 Å². The van der Waals surface area contributed by atoms with Gasteiger partial charge in [-0.25, -0.2) is 5.90 Å². The van der Waals surface area contributed by atoms with E-state index in [-0.39, 0.29) is 0 Å². The number of hydrogen-bond donors (Lipinski definition) is 2. The molecule has 3 N–H and O–H groups in total. The van der Waals surface area contributed by atoms with Crippen molar-refractivity contribution in [2.75, 3.05) is 39.6 Å². The number of nitrogens with two attached hydrogens (primary N) is 1. The van der Waals surface area contributed by atoms with Crippen LogP contribution >= 0.6 is 9.24 Å². The van der Waals surface area contributed by atoms with Crippen molar-refractivity contribution in [1.29, 1.82) is 0 Å². The van der Waals surface area contributed by atoms with Crippen LogP contribution in [0.4, 0.5) is 0 Å². The van der Waals surface area contributed by atoms with Crippen LogP contribution in [0.25, 0.3) is 0 Å². The average molecular weight is 286 g/mol. The third-order valence-corrected chi connectivity index (χ3v) is 2.83. The van der Waals surface area contributed by atoms with Crippen LogP contribution in [0.1, 0.15) is 5.56 Å². The second kappa shape index (κ2) is 11.3. The van der Waals surface area contributed by atoms with E-state index in [9.17, 15) is 0 Å². The minimum Gasteiger partial charge on any atom is -0.378 e. The first kappa shape index (κ1) is 16.5. The van der Waals surface area contributed by atoms with Crippen LogP contribution < -0.4 is 16.5 Å². The van der Waals surface area contributed by atoms with Crippen LogP contribution in [-0.4, -0.2) is 39.6 Å². The van der Waals surface area contributed by atoms with E-state index in [1.165, 1.54) is 10.9 Å². The molecule has 0 aliphatic carbocycles. The van der Waals surface area contributed by atoms with Gasteiger partial charge in [-0.3, -0.25) is 0 Å². The Labute approximate surface area is 117 Å². The summed E-state index contributed by atoms with van der Waals surface area (Å²) in [6.45, 7) is 4.44. The Balaban J connectivity index is 1.87. The lowest BCUT2D eigenvalue weighted by Crippen LogP contribution is -2.20. The molecule has 19 heavy (non-hydrogen) atoms. The highest BCUT2D eigenvalue weighted by Gasteiger charge is 1.93. The maximum atomic E-state index is 5.41. The van der Waals surface area contributed by atoms with Gasteiger partial charge in [0.25, 0.3) is 0 Å². The molecule has 0 amide bonds. The van der Waals surface area contributed by atoms with Crippen LogP contribution in [0.5, 0.6) is 0 Å². The Morgan fingerprint density at radius 2 is 1.58 bits per heavy atom. The van der Waals surface area contributed by atoms with E-state index >= 15 is 0 Å². The Morgan fingerprint density at radius 3 is 2.26 bits per heavy atom. The molecule has 6 heteroatoms. The second-order valence-electron chi connectivity index (χ2n) is 4.01. The van der Waals surface area contributed by atoms with Gasteiger partial charge in [0.1, 0.15) is 0 Å². The molecule has 1 unspecified atom stereocenters. The molecule has 1 rings (SSSR count). The first-order valence-corrected chi connectivity index (χ1v) is 6.93. The zero-order chi connectivity index (χ0) is 13.8. The predicted molar refractivity (Wildman–Crippen MR) is 79.3 cm³/mol. The quantitative estimate of drug-likeness (QED) is 0.346. The smallest absolute Gasteiger partial charge is 0.0913 e. The molecule has 0 heterocycles. The Bertz CT molecular complexity index is 322. The topological polar surface area (TPSA) is 65.7 Å². The first-order chi connectivity index (χ1) is 9.33. The molecular formula is C13H23N2O3P. The van der Waals surface area contributed by atoms with Gasteiger partial charge >= 0.3 is 0 Å². The van der Waals surface area contributed by atoms with Gasteiger partial charge in [0, 0.05) is 13.1 Å². The van der Waals surface area contributed by atoms with Crippen molar-refractivity contribution >= 4 is 14.5 Å². The lowest BCUT2D eigenvalue weighted by Gasteiger charge is -2.07. The minimum atomic E-state index is 0.413. The van der Waals surface area contributed by atoms with Gasteiger partial charge in [0.05, 0.1) is 33.0 Å². The normalized spacial score (nSPS) is 10.8. The molecule has 0 aliphatic rings. The molecule has 1 aromatic carbocycles. The van der Waals surface area contributed by atoms with Gasteiger partial charge in [0.15, 0.2) is 0 Å². The van der Waals surface area contributed by atoms with E-state index < -0.39 is 0 Å². The van der Waals surface area contributed by atoms with Crippen LogP contribution in [0.2, 0.25) is 0 Å². The molecule has 1 atom stereocenters. The Hall–Kier alpha value is -0.550. The largest absolute Gasteiger partial charge is 0.378 e. The van der Waals surface area contributed by atoms with E-state index in [2.05, 4.69) is 43.7 Å². The Morgan fingerprint density at radius 1 is 0.947 bits per heavy atom. The lowest BCUT2D eigenvalue weighted by molar-refractivity contribution is 0.0148. The predicted octanol–water partition coefficient (Wildman–Crippen LogP) is 0.200. The van der Waals surface area contributed by atoms with Crippen molar-refractivity contribution in [3.8, 4) is 0 Å². The van der Waals surface area contributed by atoms with E-state index in [4.69, 9.17) is 15.4 Å². The molecule has 0 aromatic heterocycles. The van der Waals surface area contributed by atoms with Gasteiger partial charge in [0.2, 0.25) is 0 Å². The number of nitrogens with one attached hydrogen (secondary N) is 1. The maximum Gasteiger partial charge on any atom is 0.0913 e. The van der Waals surface area contributed by atoms with E-state index in [0.29, 0.717) is 33.0 Å². The van der Waals surface area contributed by atoms with Gasteiger partial charge in [-0.1, -0.05) is 24.3 Å². The summed E-state index contributed by atoms with van der Waals surface area (Å²) in [6, 6.07) is 8.40. The molecule has 0 spiro atoms. The standard InChI is InChI=1S/C13H23N2O3P/c14-18-10-9-17-8-7-16-6-5-15-11-12-1-3-13(19)4-2-12/h1-4,15H,5-11,14,19H2. The first-order valence-electron chi connectivity index (χ1n) is 6.35. The monoisotopic (exact) mass is 286 g/mol. The van der Waals surface area contributed by atoms with E-state index in [1.54, 1.807) is 0 Å². The zero-order valence-electron chi connectivity index (χ0n) is 11.1. The lowest BCUT2D eigenvalue weighted by atomic mass is 10.2. The van der Waals surface area contributed by atoms with E-state index in [1.807, 2.05) is 0 Å². The van der Waals surface area contributed by atoms with Crippen LogP contribution in [0.3, 0.4) is 0 Å². The second-order valence-corrected chi connectivity index (χ2v) is 4.68. The highest BCUT2D eigenvalue weighted by Crippen LogP contribution is 1.98. The number of hydrogen-bond acceptors (Lipinski definition) is 5. The minimum absolute atomic E-state index is 0.413. The zero-order valence-corrected chi connectivity index (χ0v) is 12.3. The summed E-state index contributed by atoms with van der Waals surface area (Å²) in [5.74, 6) is 4.86. The van der Waals surface area contributed by atoms with Gasteiger partial charge in [-0.2, -0.15) is 0 Å². The molecule has 0 radical (unpaired) electrons.